The first-order valence-corrected chi connectivity index (χ1v) is 10.9. The molecule has 1 aromatic heterocycles. The lowest BCUT2D eigenvalue weighted by Gasteiger charge is -2.25. The van der Waals surface area contributed by atoms with Gasteiger partial charge in [0.15, 0.2) is 0 Å². The highest BCUT2D eigenvalue weighted by molar-refractivity contribution is 8.01. The normalized spacial score (nSPS) is 20.7. The second-order valence-corrected chi connectivity index (χ2v) is 8.77. The van der Waals surface area contributed by atoms with Crippen LogP contribution in [0.15, 0.2) is 59.6 Å². The van der Waals surface area contributed by atoms with E-state index in [4.69, 9.17) is 4.74 Å². The summed E-state index contributed by atoms with van der Waals surface area (Å²) in [5, 5.41) is -0.0270. The molecular formula is C23H23N3O2S. The number of nitrogens with zero attached hydrogens (tertiary/aromatic N) is 2. The van der Waals surface area contributed by atoms with Crippen molar-refractivity contribution in [2.75, 3.05) is 13.7 Å². The fourth-order valence-electron chi connectivity index (χ4n) is 4.26. The molecule has 2 atom stereocenters. The molecule has 6 heteroatoms. The van der Waals surface area contributed by atoms with Crippen molar-refractivity contribution >= 4 is 17.7 Å². The van der Waals surface area contributed by atoms with Crippen molar-refractivity contribution in [3.8, 4) is 17.0 Å². The highest BCUT2D eigenvalue weighted by atomic mass is 32.2. The quantitative estimate of drug-likeness (QED) is 0.696. The number of hydrogen-bond donors (Lipinski definition) is 1. The Morgan fingerprint density at radius 3 is 3.00 bits per heavy atom. The summed E-state index contributed by atoms with van der Waals surface area (Å²) in [5.74, 6) is 1.91. The van der Waals surface area contributed by atoms with Gasteiger partial charge in [0.1, 0.15) is 11.6 Å². The van der Waals surface area contributed by atoms with Crippen LogP contribution in [0.3, 0.4) is 0 Å². The predicted molar refractivity (Wildman–Crippen MR) is 114 cm³/mol. The zero-order chi connectivity index (χ0) is 19.8. The van der Waals surface area contributed by atoms with Crippen LogP contribution in [0.4, 0.5) is 0 Å². The molecule has 2 aliphatic heterocycles. The van der Waals surface area contributed by atoms with Gasteiger partial charge in [0, 0.05) is 17.0 Å². The molecule has 0 radical (unpaired) electrons. The van der Waals surface area contributed by atoms with Gasteiger partial charge in [-0.1, -0.05) is 30.3 Å². The Morgan fingerprint density at radius 2 is 2.14 bits per heavy atom. The molecule has 1 saturated heterocycles. The maximum absolute atomic E-state index is 13.3. The van der Waals surface area contributed by atoms with Gasteiger partial charge in [0.2, 0.25) is 5.91 Å². The number of ether oxygens (including phenoxy) is 1. The number of likely N-dealkylation sites (tertiary alicyclic amines) is 1. The van der Waals surface area contributed by atoms with Crippen LogP contribution in [0.25, 0.3) is 11.3 Å². The lowest BCUT2D eigenvalue weighted by Crippen LogP contribution is -2.37. The minimum absolute atomic E-state index is 0.0196. The number of rotatable bonds is 4. The van der Waals surface area contributed by atoms with Gasteiger partial charge >= 0.3 is 0 Å². The average Bonchev–Trinajstić information content (AvgIpc) is 3.51. The zero-order valence-electron chi connectivity index (χ0n) is 16.3. The number of H-pyrrole nitrogens is 1. The zero-order valence-corrected chi connectivity index (χ0v) is 17.1. The molecule has 1 fully saturated rings. The van der Waals surface area contributed by atoms with Gasteiger partial charge in [-0.3, -0.25) is 4.79 Å². The number of carbonyl (C=O) groups excluding carboxylic acids is 1. The van der Waals surface area contributed by atoms with Crippen LogP contribution in [0.5, 0.6) is 5.75 Å². The molecular weight excluding hydrogens is 382 g/mol. The van der Waals surface area contributed by atoms with E-state index in [1.54, 1.807) is 18.9 Å². The summed E-state index contributed by atoms with van der Waals surface area (Å²) in [6, 6.07) is 16.3. The maximum Gasteiger partial charge on any atom is 0.237 e. The highest BCUT2D eigenvalue weighted by Gasteiger charge is 2.38. The maximum atomic E-state index is 13.3. The Morgan fingerprint density at radius 1 is 1.24 bits per heavy atom. The minimum Gasteiger partial charge on any atom is -0.497 e. The van der Waals surface area contributed by atoms with Crippen LogP contribution in [0.1, 0.15) is 30.3 Å². The van der Waals surface area contributed by atoms with E-state index in [-0.39, 0.29) is 17.2 Å². The fourth-order valence-corrected chi connectivity index (χ4v) is 5.53. The van der Waals surface area contributed by atoms with E-state index in [1.165, 1.54) is 10.5 Å². The summed E-state index contributed by atoms with van der Waals surface area (Å²) in [7, 11) is 1.67. The van der Waals surface area contributed by atoms with Gasteiger partial charge < -0.3 is 14.6 Å². The van der Waals surface area contributed by atoms with Crippen molar-refractivity contribution in [3.63, 3.8) is 0 Å². The lowest BCUT2D eigenvalue weighted by molar-refractivity contribution is -0.131. The largest absolute Gasteiger partial charge is 0.497 e. The van der Waals surface area contributed by atoms with Gasteiger partial charge in [-0.25, -0.2) is 4.98 Å². The number of aromatic amines is 1. The molecule has 5 nitrogen and oxygen atoms in total. The van der Waals surface area contributed by atoms with Crippen LogP contribution in [-0.2, 0) is 11.2 Å². The number of carbonyl (C=O) groups is 1. The van der Waals surface area contributed by atoms with Crippen LogP contribution < -0.4 is 4.74 Å². The van der Waals surface area contributed by atoms with Crippen molar-refractivity contribution in [1.29, 1.82) is 0 Å². The predicted octanol–water partition coefficient (Wildman–Crippen LogP) is 4.47. The lowest BCUT2D eigenvalue weighted by atomic mass is 10.1. The van der Waals surface area contributed by atoms with E-state index in [9.17, 15) is 4.79 Å². The molecule has 3 heterocycles. The van der Waals surface area contributed by atoms with Crippen molar-refractivity contribution in [1.82, 2.24) is 14.9 Å². The van der Waals surface area contributed by atoms with Gasteiger partial charge in [-0.2, -0.15) is 0 Å². The van der Waals surface area contributed by atoms with Gasteiger partial charge in [0.05, 0.1) is 30.3 Å². The molecule has 148 valence electrons. The first-order valence-electron chi connectivity index (χ1n) is 9.97. The molecule has 1 N–H and O–H groups in total. The number of amides is 1. The Labute approximate surface area is 174 Å². The van der Waals surface area contributed by atoms with Gasteiger partial charge in [-0.05, 0) is 43.0 Å². The van der Waals surface area contributed by atoms with E-state index in [2.05, 4.69) is 22.1 Å². The molecule has 2 aliphatic rings. The number of hydrogen-bond acceptors (Lipinski definition) is 4. The molecule has 3 aromatic rings. The molecule has 0 aliphatic carbocycles. The highest BCUT2D eigenvalue weighted by Crippen LogP contribution is 2.40. The molecule has 29 heavy (non-hydrogen) atoms. The van der Waals surface area contributed by atoms with E-state index in [1.807, 2.05) is 47.5 Å². The molecule has 5 rings (SSSR count). The molecule has 0 saturated carbocycles. The van der Waals surface area contributed by atoms with Crippen LogP contribution in [0.2, 0.25) is 0 Å². The fraction of sp³-hybridized carbons (Fsp3) is 0.304. The SMILES string of the molecule is COc1cccc(-c2cnc([C@H]3CCCN3C(=O)[C@H]3Cc4ccccc4S3)[nH]2)c1. The topological polar surface area (TPSA) is 58.2 Å². The molecule has 0 unspecified atom stereocenters. The number of aromatic nitrogens is 2. The number of thioether (sulfide) groups is 1. The molecule has 0 bridgehead atoms. The minimum atomic E-state index is -0.0270. The van der Waals surface area contributed by atoms with Crippen molar-refractivity contribution in [2.24, 2.45) is 0 Å². The van der Waals surface area contributed by atoms with Crippen LogP contribution in [0, 0.1) is 0 Å². The van der Waals surface area contributed by atoms with Crippen LogP contribution >= 0.6 is 11.8 Å². The average molecular weight is 406 g/mol. The second kappa shape index (κ2) is 7.59. The number of methoxy groups -OCH3 is 1. The van der Waals surface area contributed by atoms with Crippen molar-refractivity contribution in [3.05, 3.63) is 66.1 Å². The van der Waals surface area contributed by atoms with E-state index in [0.29, 0.717) is 0 Å². The summed E-state index contributed by atoms with van der Waals surface area (Å²) in [4.78, 5) is 24.6. The first-order chi connectivity index (χ1) is 14.2. The molecule has 2 aromatic carbocycles. The molecule has 1 amide bonds. The third-order valence-electron chi connectivity index (χ3n) is 5.75. The van der Waals surface area contributed by atoms with Gasteiger partial charge in [-0.15, -0.1) is 11.8 Å². The summed E-state index contributed by atoms with van der Waals surface area (Å²) in [6.07, 6.45) is 4.62. The summed E-state index contributed by atoms with van der Waals surface area (Å²) < 4.78 is 5.33. The third kappa shape index (κ3) is 3.42. The Hall–Kier alpha value is -2.73. The Bertz CT molecular complexity index is 1020. The first kappa shape index (κ1) is 18.3. The smallest absolute Gasteiger partial charge is 0.237 e. The summed E-state index contributed by atoms with van der Waals surface area (Å²) >= 11 is 1.70. The van der Waals surface area contributed by atoms with Crippen molar-refractivity contribution in [2.45, 2.75) is 35.4 Å². The van der Waals surface area contributed by atoms with E-state index >= 15 is 0 Å². The summed E-state index contributed by atoms with van der Waals surface area (Å²) in [5.41, 5.74) is 3.26. The summed E-state index contributed by atoms with van der Waals surface area (Å²) in [6.45, 7) is 0.798. The standard InChI is InChI=1S/C23H23N3O2S/c1-28-17-8-4-7-15(12-17)18-14-24-22(25-18)19-9-5-11-26(19)23(27)21-13-16-6-2-3-10-20(16)29-21/h2-4,6-8,10,12,14,19,21H,5,9,11,13H2,1H3,(H,24,25)/t19-,21-/m1/s1. The monoisotopic (exact) mass is 405 g/mol. The Balaban J connectivity index is 1.35. The van der Waals surface area contributed by atoms with E-state index in [0.717, 1.165) is 48.6 Å². The number of imidazole rings is 1. The van der Waals surface area contributed by atoms with Crippen LogP contribution in [-0.4, -0.2) is 39.7 Å². The number of nitrogens with one attached hydrogen (secondary N) is 1. The Kier molecular flexibility index (Phi) is 4.79. The second-order valence-electron chi connectivity index (χ2n) is 7.52. The van der Waals surface area contributed by atoms with E-state index < -0.39 is 0 Å². The number of benzene rings is 2. The van der Waals surface area contributed by atoms with Gasteiger partial charge in [0.25, 0.3) is 0 Å². The third-order valence-corrected chi connectivity index (χ3v) is 7.06. The van der Waals surface area contributed by atoms with Crippen molar-refractivity contribution < 1.29 is 9.53 Å². The number of fused-ring (bicyclic) bond motifs is 1. The molecule has 0 spiro atoms.